The third-order valence-electron chi connectivity index (χ3n) is 3.22. The minimum Gasteiger partial charge on any atom is -0.299 e. The summed E-state index contributed by atoms with van der Waals surface area (Å²) in [6, 6.07) is 0. The van der Waals surface area contributed by atoms with Crippen LogP contribution in [0.15, 0.2) is 0 Å². The van der Waals surface area contributed by atoms with Crippen LogP contribution in [-0.2, 0) is 4.79 Å². The molecule has 1 aliphatic rings. The Bertz CT molecular complexity index is 155. The molecule has 0 saturated heterocycles. The summed E-state index contributed by atoms with van der Waals surface area (Å²) < 4.78 is 0. The van der Waals surface area contributed by atoms with E-state index in [1.54, 1.807) is 0 Å². The van der Waals surface area contributed by atoms with Crippen LogP contribution < -0.4 is 0 Å². The molecule has 1 nitrogen and oxygen atoms in total. The van der Waals surface area contributed by atoms with E-state index in [1.807, 2.05) is 0 Å². The molecule has 0 radical (unpaired) electrons. The Balaban J connectivity index is 2.01. The van der Waals surface area contributed by atoms with Crippen LogP contribution in [0, 0.1) is 11.8 Å². The van der Waals surface area contributed by atoms with Crippen LogP contribution in [0.1, 0.15) is 58.8 Å². The molecule has 0 bridgehead atoms. The molecular formula is C12H22O. The Hall–Kier alpha value is -0.330. The lowest BCUT2D eigenvalue weighted by Gasteiger charge is -2.10. The maximum Gasteiger partial charge on any atom is 0.135 e. The van der Waals surface area contributed by atoms with Crippen molar-refractivity contribution >= 4 is 5.78 Å². The van der Waals surface area contributed by atoms with E-state index in [1.165, 1.54) is 32.1 Å². The average molecular weight is 182 g/mol. The summed E-state index contributed by atoms with van der Waals surface area (Å²) in [4.78, 5) is 11.4. The van der Waals surface area contributed by atoms with Gasteiger partial charge in [-0.2, -0.15) is 0 Å². The van der Waals surface area contributed by atoms with Crippen LogP contribution in [0.2, 0.25) is 0 Å². The summed E-state index contributed by atoms with van der Waals surface area (Å²) in [5, 5.41) is 0. The van der Waals surface area contributed by atoms with Gasteiger partial charge in [-0.25, -0.2) is 0 Å². The van der Waals surface area contributed by atoms with E-state index in [4.69, 9.17) is 0 Å². The van der Waals surface area contributed by atoms with E-state index >= 15 is 0 Å². The van der Waals surface area contributed by atoms with Crippen molar-refractivity contribution in [2.24, 2.45) is 11.8 Å². The topological polar surface area (TPSA) is 17.1 Å². The molecule has 0 N–H and O–H groups in total. The van der Waals surface area contributed by atoms with Crippen LogP contribution in [0.5, 0.6) is 0 Å². The van der Waals surface area contributed by atoms with Crippen LogP contribution in [0.4, 0.5) is 0 Å². The average Bonchev–Trinajstić information content (AvgIpc) is 2.95. The fourth-order valence-electron chi connectivity index (χ4n) is 1.87. The molecule has 0 heterocycles. The van der Waals surface area contributed by atoms with E-state index in [-0.39, 0.29) is 0 Å². The Morgan fingerprint density at radius 2 is 1.92 bits per heavy atom. The predicted molar refractivity (Wildman–Crippen MR) is 55.7 cm³/mol. The zero-order chi connectivity index (χ0) is 9.68. The molecule has 1 heteroatoms. The van der Waals surface area contributed by atoms with Gasteiger partial charge in [-0.3, -0.25) is 4.79 Å². The molecule has 0 aliphatic heterocycles. The number of carbonyl (C=O) groups is 1. The molecule has 1 aliphatic carbocycles. The first-order valence-electron chi connectivity index (χ1n) is 5.80. The third kappa shape index (κ3) is 3.93. The quantitative estimate of drug-likeness (QED) is 0.588. The second kappa shape index (κ2) is 5.41. The lowest BCUT2D eigenvalue weighted by atomic mass is 9.95. The van der Waals surface area contributed by atoms with Crippen LogP contribution >= 0.6 is 0 Å². The van der Waals surface area contributed by atoms with Gasteiger partial charge in [0.05, 0.1) is 0 Å². The normalized spacial score (nSPS) is 16.5. The van der Waals surface area contributed by atoms with Crippen molar-refractivity contribution in [3.05, 3.63) is 0 Å². The Morgan fingerprint density at radius 3 is 2.38 bits per heavy atom. The Morgan fingerprint density at radius 1 is 1.31 bits per heavy atom. The monoisotopic (exact) mass is 182 g/mol. The van der Waals surface area contributed by atoms with Gasteiger partial charge in [-0.05, 0) is 25.2 Å². The first-order valence-corrected chi connectivity index (χ1v) is 5.80. The highest BCUT2D eigenvalue weighted by atomic mass is 16.1. The highest BCUT2D eigenvalue weighted by molar-refractivity contribution is 5.82. The summed E-state index contributed by atoms with van der Waals surface area (Å²) in [5.41, 5.74) is 0. The van der Waals surface area contributed by atoms with Gasteiger partial charge in [0, 0.05) is 12.3 Å². The summed E-state index contributed by atoms with van der Waals surface area (Å²) in [7, 11) is 0. The maximum absolute atomic E-state index is 11.4. The molecule has 1 rings (SSSR count). The predicted octanol–water partition coefficient (Wildman–Crippen LogP) is 3.57. The minimum atomic E-state index is 0.474. The smallest absolute Gasteiger partial charge is 0.135 e. The largest absolute Gasteiger partial charge is 0.299 e. The van der Waals surface area contributed by atoms with Crippen molar-refractivity contribution < 1.29 is 4.79 Å². The Labute approximate surface area is 81.9 Å². The zero-order valence-corrected chi connectivity index (χ0v) is 9.01. The molecule has 1 saturated carbocycles. The van der Waals surface area contributed by atoms with E-state index in [0.29, 0.717) is 11.7 Å². The van der Waals surface area contributed by atoms with Gasteiger partial charge in [-0.15, -0.1) is 0 Å². The van der Waals surface area contributed by atoms with Crippen molar-refractivity contribution in [3.8, 4) is 0 Å². The van der Waals surface area contributed by atoms with E-state index in [9.17, 15) is 4.79 Å². The molecule has 0 atom stereocenters. The van der Waals surface area contributed by atoms with Gasteiger partial charge in [0.2, 0.25) is 0 Å². The first-order chi connectivity index (χ1) is 6.27. The highest BCUT2D eigenvalue weighted by Crippen LogP contribution is 2.31. The number of ketones is 1. The molecular weight excluding hydrogens is 160 g/mol. The molecule has 0 aromatic carbocycles. The van der Waals surface area contributed by atoms with Gasteiger partial charge in [0.25, 0.3) is 0 Å². The number of carbonyl (C=O) groups excluding carboxylic acids is 1. The van der Waals surface area contributed by atoms with Crippen molar-refractivity contribution in [1.29, 1.82) is 0 Å². The van der Waals surface area contributed by atoms with Crippen molar-refractivity contribution in [3.63, 3.8) is 0 Å². The van der Waals surface area contributed by atoms with E-state index in [0.717, 1.165) is 18.8 Å². The number of rotatable bonds is 7. The van der Waals surface area contributed by atoms with Crippen molar-refractivity contribution in [2.75, 3.05) is 0 Å². The fraction of sp³-hybridized carbons (Fsp3) is 0.917. The third-order valence-corrected chi connectivity index (χ3v) is 3.22. The SMILES string of the molecule is CCC(CC)CCCC(=O)C1CC1. The summed E-state index contributed by atoms with van der Waals surface area (Å²) in [6.07, 6.45) is 8.12. The highest BCUT2D eigenvalue weighted by Gasteiger charge is 2.28. The Kier molecular flexibility index (Phi) is 4.47. The van der Waals surface area contributed by atoms with Gasteiger partial charge < -0.3 is 0 Å². The van der Waals surface area contributed by atoms with E-state index in [2.05, 4.69) is 13.8 Å². The molecule has 0 aromatic rings. The number of hydrogen-bond acceptors (Lipinski definition) is 1. The second-order valence-electron chi connectivity index (χ2n) is 4.32. The minimum absolute atomic E-state index is 0.474. The fourth-order valence-corrected chi connectivity index (χ4v) is 1.87. The standard InChI is InChI=1S/C12H22O/c1-3-10(4-2)6-5-7-12(13)11-8-9-11/h10-11H,3-9H2,1-2H3. The lowest BCUT2D eigenvalue weighted by Crippen LogP contribution is -2.02. The van der Waals surface area contributed by atoms with Gasteiger partial charge in [0.1, 0.15) is 5.78 Å². The maximum atomic E-state index is 11.4. The molecule has 76 valence electrons. The first kappa shape index (κ1) is 10.7. The van der Waals surface area contributed by atoms with Gasteiger partial charge in [-0.1, -0.05) is 33.1 Å². The summed E-state index contributed by atoms with van der Waals surface area (Å²) in [6.45, 7) is 4.49. The molecule has 0 spiro atoms. The van der Waals surface area contributed by atoms with Crippen LogP contribution in [0.3, 0.4) is 0 Å². The molecule has 0 amide bonds. The van der Waals surface area contributed by atoms with Crippen molar-refractivity contribution in [1.82, 2.24) is 0 Å². The second-order valence-corrected chi connectivity index (χ2v) is 4.32. The molecule has 13 heavy (non-hydrogen) atoms. The van der Waals surface area contributed by atoms with Crippen LogP contribution in [0.25, 0.3) is 0 Å². The molecule has 0 unspecified atom stereocenters. The summed E-state index contributed by atoms with van der Waals surface area (Å²) in [5.74, 6) is 1.86. The van der Waals surface area contributed by atoms with E-state index < -0.39 is 0 Å². The van der Waals surface area contributed by atoms with Crippen molar-refractivity contribution in [2.45, 2.75) is 58.8 Å². The number of hydrogen-bond donors (Lipinski definition) is 0. The molecule has 1 fully saturated rings. The van der Waals surface area contributed by atoms with Crippen LogP contribution in [-0.4, -0.2) is 5.78 Å². The number of Topliss-reactive ketones (excluding diaryl/α,β-unsaturated/α-hetero) is 1. The molecule has 0 aromatic heterocycles. The summed E-state index contributed by atoms with van der Waals surface area (Å²) >= 11 is 0. The lowest BCUT2D eigenvalue weighted by molar-refractivity contribution is -0.120. The van der Waals surface area contributed by atoms with Gasteiger partial charge >= 0.3 is 0 Å². The zero-order valence-electron chi connectivity index (χ0n) is 9.01. The van der Waals surface area contributed by atoms with Gasteiger partial charge in [0.15, 0.2) is 0 Å².